The molecule has 1 aliphatic rings. The lowest BCUT2D eigenvalue weighted by Gasteiger charge is -2.28. The standard InChI is InChI=1S/C22H38O6/c1-8-19(23)28-22(6,7)13-15(4)20(24)27-16(5)11-17-9-10-18(12-17)21(25)26-14(2)3/h14-18H,8-13H2,1-7H3. The van der Waals surface area contributed by atoms with Crippen LogP contribution in [-0.2, 0) is 28.6 Å². The van der Waals surface area contributed by atoms with Crippen molar-refractivity contribution in [3.8, 4) is 0 Å². The number of rotatable bonds is 10. The molecule has 4 unspecified atom stereocenters. The summed E-state index contributed by atoms with van der Waals surface area (Å²) in [5, 5.41) is 0. The van der Waals surface area contributed by atoms with E-state index in [2.05, 4.69) is 0 Å². The SMILES string of the molecule is CCC(=O)OC(C)(C)CC(C)C(=O)OC(C)CC1CCC(C(=O)OC(C)C)C1. The highest BCUT2D eigenvalue weighted by atomic mass is 16.6. The third-order valence-electron chi connectivity index (χ3n) is 5.09. The van der Waals surface area contributed by atoms with Crippen LogP contribution in [-0.4, -0.2) is 35.7 Å². The van der Waals surface area contributed by atoms with E-state index in [1.165, 1.54) is 0 Å². The zero-order valence-electron chi connectivity index (χ0n) is 18.6. The zero-order valence-corrected chi connectivity index (χ0v) is 18.6. The van der Waals surface area contributed by atoms with Crippen LogP contribution in [0.25, 0.3) is 0 Å². The Morgan fingerprint density at radius 3 is 2.25 bits per heavy atom. The van der Waals surface area contributed by atoms with Gasteiger partial charge in [-0.1, -0.05) is 13.8 Å². The van der Waals surface area contributed by atoms with Gasteiger partial charge in [0.15, 0.2) is 0 Å². The summed E-state index contributed by atoms with van der Waals surface area (Å²) >= 11 is 0. The average molecular weight is 399 g/mol. The molecule has 0 aromatic carbocycles. The molecule has 162 valence electrons. The van der Waals surface area contributed by atoms with Gasteiger partial charge in [0.25, 0.3) is 0 Å². The highest BCUT2D eigenvalue weighted by Gasteiger charge is 2.34. The molecule has 1 saturated carbocycles. The predicted molar refractivity (Wildman–Crippen MR) is 106 cm³/mol. The van der Waals surface area contributed by atoms with Gasteiger partial charge in [0.1, 0.15) is 5.60 Å². The van der Waals surface area contributed by atoms with Gasteiger partial charge in [0, 0.05) is 6.42 Å². The van der Waals surface area contributed by atoms with E-state index in [1.807, 2.05) is 34.6 Å². The second-order valence-corrected chi connectivity index (χ2v) is 9.04. The van der Waals surface area contributed by atoms with E-state index in [1.54, 1.807) is 13.8 Å². The first-order chi connectivity index (χ1) is 12.9. The van der Waals surface area contributed by atoms with Crippen LogP contribution >= 0.6 is 0 Å². The van der Waals surface area contributed by atoms with Crippen LogP contribution in [0, 0.1) is 17.8 Å². The molecule has 0 spiro atoms. The maximum atomic E-state index is 12.4. The molecule has 6 heteroatoms. The summed E-state index contributed by atoms with van der Waals surface area (Å²) < 4.78 is 16.3. The summed E-state index contributed by atoms with van der Waals surface area (Å²) in [5.74, 6) is -0.695. The molecule has 0 aliphatic heterocycles. The maximum Gasteiger partial charge on any atom is 0.309 e. The van der Waals surface area contributed by atoms with Crippen molar-refractivity contribution in [1.29, 1.82) is 0 Å². The first-order valence-corrected chi connectivity index (χ1v) is 10.6. The zero-order chi connectivity index (χ0) is 21.5. The average Bonchev–Trinajstić information content (AvgIpc) is 3.01. The fourth-order valence-corrected chi connectivity index (χ4v) is 3.91. The first-order valence-electron chi connectivity index (χ1n) is 10.6. The monoisotopic (exact) mass is 398 g/mol. The summed E-state index contributed by atoms with van der Waals surface area (Å²) in [6.07, 6.45) is 3.76. The normalized spacial score (nSPS) is 21.9. The number of hydrogen-bond acceptors (Lipinski definition) is 6. The van der Waals surface area contributed by atoms with E-state index < -0.39 is 5.60 Å². The van der Waals surface area contributed by atoms with E-state index in [0.29, 0.717) is 18.8 Å². The third-order valence-corrected chi connectivity index (χ3v) is 5.09. The van der Waals surface area contributed by atoms with Crippen LogP contribution in [0.3, 0.4) is 0 Å². The molecule has 0 aromatic heterocycles. The maximum absolute atomic E-state index is 12.4. The minimum atomic E-state index is -0.704. The topological polar surface area (TPSA) is 78.9 Å². The second-order valence-electron chi connectivity index (χ2n) is 9.04. The summed E-state index contributed by atoms with van der Waals surface area (Å²) in [7, 11) is 0. The number of carbonyl (C=O) groups is 3. The Kier molecular flexibility index (Phi) is 9.45. The molecule has 6 nitrogen and oxygen atoms in total. The van der Waals surface area contributed by atoms with Gasteiger partial charge < -0.3 is 14.2 Å². The quantitative estimate of drug-likeness (QED) is 0.400. The van der Waals surface area contributed by atoms with Gasteiger partial charge in [-0.05, 0) is 72.6 Å². The summed E-state index contributed by atoms with van der Waals surface area (Å²) in [6, 6.07) is 0. The lowest BCUT2D eigenvalue weighted by atomic mass is 9.94. The van der Waals surface area contributed by atoms with Gasteiger partial charge in [-0.25, -0.2) is 0 Å². The molecule has 0 bridgehead atoms. The molecular formula is C22H38O6. The van der Waals surface area contributed by atoms with Crippen molar-refractivity contribution in [1.82, 2.24) is 0 Å². The van der Waals surface area contributed by atoms with Crippen molar-refractivity contribution < 1.29 is 28.6 Å². The van der Waals surface area contributed by atoms with Gasteiger partial charge in [0.05, 0.1) is 24.0 Å². The molecule has 0 N–H and O–H groups in total. The van der Waals surface area contributed by atoms with Gasteiger partial charge in [-0.2, -0.15) is 0 Å². The summed E-state index contributed by atoms with van der Waals surface area (Å²) in [4.78, 5) is 36.0. The number of carbonyl (C=O) groups excluding carboxylic acids is 3. The minimum Gasteiger partial charge on any atom is -0.463 e. The van der Waals surface area contributed by atoms with E-state index in [4.69, 9.17) is 14.2 Å². The number of esters is 3. The molecule has 4 atom stereocenters. The van der Waals surface area contributed by atoms with Crippen LogP contribution in [0.15, 0.2) is 0 Å². The smallest absolute Gasteiger partial charge is 0.309 e. The Balaban J connectivity index is 2.42. The fourth-order valence-electron chi connectivity index (χ4n) is 3.91. The Labute approximate surface area is 169 Å². The third kappa shape index (κ3) is 8.61. The van der Waals surface area contributed by atoms with Gasteiger partial charge >= 0.3 is 17.9 Å². The van der Waals surface area contributed by atoms with Crippen LogP contribution in [0.5, 0.6) is 0 Å². The Morgan fingerprint density at radius 1 is 1.04 bits per heavy atom. The molecule has 0 amide bonds. The molecule has 1 fully saturated rings. The van der Waals surface area contributed by atoms with E-state index in [-0.39, 0.29) is 42.0 Å². The van der Waals surface area contributed by atoms with E-state index >= 15 is 0 Å². The van der Waals surface area contributed by atoms with Gasteiger partial charge in [0.2, 0.25) is 0 Å². The van der Waals surface area contributed by atoms with Crippen LogP contribution in [0.2, 0.25) is 0 Å². The van der Waals surface area contributed by atoms with Crippen molar-refractivity contribution in [3.05, 3.63) is 0 Å². The van der Waals surface area contributed by atoms with Gasteiger partial charge in [-0.15, -0.1) is 0 Å². The highest BCUT2D eigenvalue weighted by Crippen LogP contribution is 2.35. The van der Waals surface area contributed by atoms with E-state index in [9.17, 15) is 14.4 Å². The van der Waals surface area contributed by atoms with Crippen LogP contribution < -0.4 is 0 Å². The van der Waals surface area contributed by atoms with Crippen molar-refractivity contribution in [3.63, 3.8) is 0 Å². The molecule has 0 radical (unpaired) electrons. The predicted octanol–water partition coefficient (Wildman–Crippen LogP) is 4.43. The Morgan fingerprint density at radius 2 is 1.68 bits per heavy atom. The molecule has 1 rings (SSSR count). The summed E-state index contributed by atoms with van der Waals surface area (Å²) in [5.41, 5.74) is -0.704. The Bertz CT molecular complexity index is 539. The van der Waals surface area contributed by atoms with Crippen LogP contribution in [0.1, 0.15) is 87.0 Å². The van der Waals surface area contributed by atoms with Crippen molar-refractivity contribution in [2.24, 2.45) is 17.8 Å². The van der Waals surface area contributed by atoms with Crippen molar-refractivity contribution >= 4 is 17.9 Å². The highest BCUT2D eigenvalue weighted by molar-refractivity contribution is 5.73. The molecule has 28 heavy (non-hydrogen) atoms. The lowest BCUT2D eigenvalue weighted by Crippen LogP contribution is -2.33. The van der Waals surface area contributed by atoms with Crippen molar-refractivity contribution in [2.75, 3.05) is 0 Å². The molecule has 1 aliphatic carbocycles. The largest absolute Gasteiger partial charge is 0.463 e. The fraction of sp³-hybridized carbons (Fsp3) is 0.864. The number of ether oxygens (including phenoxy) is 3. The first kappa shape index (κ1) is 24.4. The lowest BCUT2D eigenvalue weighted by molar-refractivity contribution is -0.164. The molecular weight excluding hydrogens is 360 g/mol. The summed E-state index contributed by atoms with van der Waals surface area (Å²) in [6.45, 7) is 12.8. The van der Waals surface area contributed by atoms with Crippen LogP contribution in [0.4, 0.5) is 0 Å². The number of hydrogen-bond donors (Lipinski definition) is 0. The minimum absolute atomic E-state index is 0.0386. The molecule has 0 aromatic rings. The van der Waals surface area contributed by atoms with E-state index in [0.717, 1.165) is 25.7 Å². The van der Waals surface area contributed by atoms with Gasteiger partial charge in [-0.3, -0.25) is 14.4 Å². The second kappa shape index (κ2) is 10.8. The molecule has 0 heterocycles. The van der Waals surface area contributed by atoms with Crippen molar-refractivity contribution in [2.45, 2.75) is 105 Å². The Hall–Kier alpha value is -1.59. The molecule has 0 saturated heterocycles.